The van der Waals surface area contributed by atoms with E-state index in [1.807, 2.05) is 43.4 Å². The number of hydrogen-bond donors (Lipinski definition) is 2. The van der Waals surface area contributed by atoms with E-state index in [2.05, 4.69) is 23.9 Å². The van der Waals surface area contributed by atoms with Gasteiger partial charge in [-0.25, -0.2) is 22.3 Å². The number of carboxylic acids is 2. The lowest BCUT2D eigenvalue weighted by atomic mass is 10.2. The lowest BCUT2D eigenvalue weighted by Crippen LogP contribution is -2.29. The van der Waals surface area contributed by atoms with E-state index in [0.717, 1.165) is 25.2 Å². The summed E-state index contributed by atoms with van der Waals surface area (Å²) in [6.07, 6.45) is -9.13. The molecule has 246 valence electrons. The number of carbonyl (C=O) groups is 2. The fourth-order valence-electron chi connectivity index (χ4n) is 3.66. The molecule has 0 atom stereocenters. The van der Waals surface area contributed by atoms with Crippen LogP contribution in [0.25, 0.3) is 0 Å². The van der Waals surface area contributed by atoms with Crippen molar-refractivity contribution in [3.63, 3.8) is 0 Å². The van der Waals surface area contributed by atoms with Crippen LogP contribution < -0.4 is 13.9 Å². The van der Waals surface area contributed by atoms with Crippen LogP contribution in [-0.2, 0) is 19.6 Å². The molecular formula is C28H29F6N3O7S. The van der Waals surface area contributed by atoms with Gasteiger partial charge in [-0.2, -0.15) is 26.3 Å². The van der Waals surface area contributed by atoms with Crippen molar-refractivity contribution in [2.24, 2.45) is 0 Å². The summed E-state index contributed by atoms with van der Waals surface area (Å²) in [5.74, 6) is -4.48. The van der Waals surface area contributed by atoms with Crippen LogP contribution >= 0.6 is 0 Å². The molecule has 3 aromatic carbocycles. The minimum absolute atomic E-state index is 0.240. The van der Waals surface area contributed by atoms with E-state index in [-0.39, 0.29) is 4.90 Å². The maximum atomic E-state index is 13.7. The smallest absolute Gasteiger partial charge is 0.475 e. The second-order valence-corrected chi connectivity index (χ2v) is 11.3. The molecule has 0 saturated heterocycles. The summed E-state index contributed by atoms with van der Waals surface area (Å²) in [5.41, 5.74) is 2.00. The minimum atomic E-state index is -5.08. The molecule has 0 radical (unpaired) electrons. The van der Waals surface area contributed by atoms with E-state index in [9.17, 15) is 34.8 Å². The second-order valence-electron chi connectivity index (χ2n) is 9.49. The predicted molar refractivity (Wildman–Crippen MR) is 153 cm³/mol. The molecule has 0 unspecified atom stereocenters. The van der Waals surface area contributed by atoms with Crippen LogP contribution in [0.15, 0.2) is 77.7 Å². The van der Waals surface area contributed by atoms with Gasteiger partial charge in [-0.1, -0.05) is 24.3 Å². The lowest BCUT2D eigenvalue weighted by molar-refractivity contribution is -0.193. The molecule has 10 nitrogen and oxygen atoms in total. The predicted octanol–water partition coefficient (Wildman–Crippen LogP) is 5.97. The average molecular weight is 666 g/mol. The third-order valence-electron chi connectivity index (χ3n) is 5.79. The van der Waals surface area contributed by atoms with Gasteiger partial charge in [0.15, 0.2) is 11.5 Å². The molecule has 0 fully saturated rings. The number of fused-ring (bicyclic) bond motifs is 2. The Kier molecular flexibility index (Phi) is 12.2. The van der Waals surface area contributed by atoms with E-state index >= 15 is 0 Å². The number of para-hydroxylation sites is 4. The second kappa shape index (κ2) is 15.0. The summed E-state index contributed by atoms with van der Waals surface area (Å²) in [6.45, 7) is 1.90. The number of ether oxygens (including phenoxy) is 1. The van der Waals surface area contributed by atoms with Gasteiger partial charge in [0.2, 0.25) is 0 Å². The van der Waals surface area contributed by atoms with Gasteiger partial charge in [-0.15, -0.1) is 0 Å². The van der Waals surface area contributed by atoms with Gasteiger partial charge in [-0.05, 0) is 75.6 Å². The van der Waals surface area contributed by atoms with Crippen molar-refractivity contribution >= 4 is 39.0 Å². The molecule has 3 aromatic rings. The summed E-state index contributed by atoms with van der Waals surface area (Å²) in [4.78, 5) is 22.3. The molecule has 0 amide bonds. The zero-order chi connectivity index (χ0) is 34.2. The minimum Gasteiger partial charge on any atom is -0.475 e. The Morgan fingerprint density at radius 1 is 0.733 bits per heavy atom. The monoisotopic (exact) mass is 665 g/mol. The molecule has 0 aliphatic carbocycles. The molecule has 0 bridgehead atoms. The Bertz CT molecular complexity index is 1490. The Morgan fingerprint density at radius 2 is 1.13 bits per heavy atom. The van der Waals surface area contributed by atoms with Crippen LogP contribution in [-0.4, -0.2) is 82.1 Å². The van der Waals surface area contributed by atoms with Gasteiger partial charge in [0.25, 0.3) is 10.0 Å². The van der Waals surface area contributed by atoms with Crippen molar-refractivity contribution < 1.29 is 59.3 Å². The van der Waals surface area contributed by atoms with Crippen molar-refractivity contribution in [3.05, 3.63) is 72.8 Å². The van der Waals surface area contributed by atoms with Crippen LogP contribution in [0.2, 0.25) is 0 Å². The molecule has 0 saturated carbocycles. The number of anilines is 3. The summed E-state index contributed by atoms with van der Waals surface area (Å²) < 4.78 is 98.2. The number of rotatable bonds is 7. The Balaban J connectivity index is 0.000000421. The van der Waals surface area contributed by atoms with Crippen LogP contribution in [0.4, 0.5) is 43.4 Å². The van der Waals surface area contributed by atoms with Crippen LogP contribution in [0.3, 0.4) is 0 Å². The standard InChI is InChI=1S/C24H27N3O3S.2C2HF3O2/c1-25(2)17-8-18-26(3)19-13-15-20(16-14-19)31(28,29)27-21-9-4-6-11-23(21)30-24-12-7-5-10-22(24)27;2*3-2(4,5)1(6)7/h4-7,9-16H,8,17-18H2,1-3H3;2*(H,6,7). The van der Waals surface area contributed by atoms with E-state index in [1.54, 1.807) is 36.4 Å². The lowest BCUT2D eigenvalue weighted by Gasteiger charge is -2.31. The number of carboxylic acid groups (broad SMARTS) is 2. The zero-order valence-electron chi connectivity index (χ0n) is 24.0. The van der Waals surface area contributed by atoms with Crippen molar-refractivity contribution in [2.75, 3.05) is 43.4 Å². The van der Waals surface area contributed by atoms with Crippen molar-refractivity contribution in [3.8, 4) is 11.5 Å². The highest BCUT2D eigenvalue weighted by molar-refractivity contribution is 7.93. The fraction of sp³-hybridized carbons (Fsp3) is 0.286. The zero-order valence-corrected chi connectivity index (χ0v) is 24.8. The summed E-state index contributed by atoms with van der Waals surface area (Å²) >= 11 is 0. The van der Waals surface area contributed by atoms with Gasteiger partial charge in [0.1, 0.15) is 11.4 Å². The van der Waals surface area contributed by atoms with Crippen LogP contribution in [0, 0.1) is 0 Å². The first kappa shape index (κ1) is 36.7. The number of hydrogen-bond acceptors (Lipinski definition) is 7. The van der Waals surface area contributed by atoms with Gasteiger partial charge >= 0.3 is 24.3 Å². The SMILES string of the molecule is CN(C)CCCN(C)c1ccc(S(=O)(=O)N2c3ccccc3Oc3ccccc32)cc1.O=C(O)C(F)(F)F.O=C(O)C(F)(F)F. The number of aliphatic carboxylic acids is 2. The average Bonchev–Trinajstić information content (AvgIpc) is 2.95. The van der Waals surface area contributed by atoms with Gasteiger partial charge in [0.05, 0.1) is 4.90 Å². The highest BCUT2D eigenvalue weighted by Gasteiger charge is 2.39. The first-order valence-corrected chi connectivity index (χ1v) is 14.2. The maximum absolute atomic E-state index is 13.7. The summed E-state index contributed by atoms with van der Waals surface area (Å²) in [5, 5.41) is 14.2. The summed E-state index contributed by atoms with van der Waals surface area (Å²) in [6, 6.07) is 21.4. The Hall–Kier alpha value is -4.51. The quantitative estimate of drug-likeness (QED) is 0.293. The normalized spacial score (nSPS) is 12.4. The number of nitrogens with zero attached hydrogens (tertiary/aromatic N) is 3. The first-order valence-electron chi connectivity index (χ1n) is 12.7. The molecule has 0 aromatic heterocycles. The van der Waals surface area contributed by atoms with Gasteiger partial charge < -0.3 is 24.7 Å². The number of benzene rings is 3. The highest BCUT2D eigenvalue weighted by atomic mass is 32.2. The Labute approximate surface area is 254 Å². The molecule has 1 heterocycles. The number of halogens is 6. The van der Waals surface area contributed by atoms with E-state index < -0.39 is 34.3 Å². The highest BCUT2D eigenvalue weighted by Crippen LogP contribution is 2.48. The van der Waals surface area contributed by atoms with E-state index in [1.165, 1.54) is 4.31 Å². The van der Waals surface area contributed by atoms with E-state index in [0.29, 0.717) is 22.9 Å². The van der Waals surface area contributed by atoms with Crippen molar-refractivity contribution in [2.45, 2.75) is 23.7 Å². The topological polar surface area (TPSA) is 128 Å². The number of alkyl halides is 6. The molecular weight excluding hydrogens is 636 g/mol. The molecule has 45 heavy (non-hydrogen) atoms. The maximum Gasteiger partial charge on any atom is 0.490 e. The van der Waals surface area contributed by atoms with Crippen LogP contribution in [0.1, 0.15) is 6.42 Å². The first-order chi connectivity index (χ1) is 20.8. The molecule has 1 aliphatic rings. The van der Waals surface area contributed by atoms with E-state index in [4.69, 9.17) is 24.5 Å². The third kappa shape index (κ3) is 10.3. The van der Waals surface area contributed by atoms with Gasteiger partial charge in [-0.3, -0.25) is 0 Å². The fourth-order valence-corrected chi connectivity index (χ4v) is 5.17. The third-order valence-corrected chi connectivity index (χ3v) is 7.53. The largest absolute Gasteiger partial charge is 0.490 e. The van der Waals surface area contributed by atoms with Gasteiger partial charge in [0, 0.05) is 19.3 Å². The molecule has 17 heteroatoms. The number of sulfonamides is 1. The Morgan fingerprint density at radius 3 is 1.51 bits per heavy atom. The van der Waals surface area contributed by atoms with Crippen molar-refractivity contribution in [1.82, 2.24) is 4.90 Å². The molecule has 2 N–H and O–H groups in total. The molecule has 1 aliphatic heterocycles. The van der Waals surface area contributed by atoms with Crippen LogP contribution in [0.5, 0.6) is 11.5 Å². The molecule has 4 rings (SSSR count). The van der Waals surface area contributed by atoms with Crippen molar-refractivity contribution in [1.29, 1.82) is 0 Å². The summed E-state index contributed by atoms with van der Waals surface area (Å²) in [7, 11) is 2.30. The molecule has 0 spiro atoms.